The molecule has 0 atom stereocenters. The van der Waals surface area contributed by atoms with E-state index in [0.717, 1.165) is 13.1 Å². The molecule has 0 saturated carbocycles. The highest BCUT2D eigenvalue weighted by Gasteiger charge is 2.16. The molecule has 0 radical (unpaired) electrons. The molecule has 0 saturated heterocycles. The van der Waals surface area contributed by atoms with Crippen LogP contribution in [0.15, 0.2) is 24.3 Å². The van der Waals surface area contributed by atoms with Crippen molar-refractivity contribution < 1.29 is 14.3 Å². The Morgan fingerprint density at radius 1 is 1.04 bits per heavy atom. The van der Waals surface area contributed by atoms with E-state index in [0.29, 0.717) is 29.9 Å². The van der Waals surface area contributed by atoms with E-state index in [-0.39, 0.29) is 12.8 Å². The van der Waals surface area contributed by atoms with Crippen molar-refractivity contribution in [1.29, 1.82) is 0 Å². The number of ether oxygens (including phenoxy) is 2. The Morgan fingerprint density at radius 2 is 1.57 bits per heavy atom. The van der Waals surface area contributed by atoms with Crippen LogP contribution in [0.25, 0.3) is 0 Å². The van der Waals surface area contributed by atoms with E-state index >= 15 is 0 Å². The molecule has 1 N–H and O–H groups in total. The van der Waals surface area contributed by atoms with Gasteiger partial charge in [-0.3, -0.25) is 0 Å². The van der Waals surface area contributed by atoms with Crippen LogP contribution in [-0.4, -0.2) is 37.4 Å². The fourth-order valence-corrected chi connectivity index (χ4v) is 2.25. The largest absolute Gasteiger partial charge is 0.490 e. The monoisotopic (exact) mass is 322 g/mol. The van der Waals surface area contributed by atoms with Crippen LogP contribution in [0.5, 0.6) is 11.5 Å². The van der Waals surface area contributed by atoms with Crippen LogP contribution in [-0.2, 0) is 0 Å². The third-order valence-corrected chi connectivity index (χ3v) is 3.06. The average molecular weight is 322 g/mol. The molecule has 2 amide bonds. The van der Waals surface area contributed by atoms with Gasteiger partial charge in [-0.25, -0.2) is 4.79 Å². The van der Waals surface area contributed by atoms with Crippen LogP contribution in [0, 0.1) is 11.8 Å². The minimum absolute atomic E-state index is 0.0960. The van der Waals surface area contributed by atoms with Crippen molar-refractivity contribution in [3.8, 4) is 11.5 Å². The molecule has 1 rings (SSSR count). The summed E-state index contributed by atoms with van der Waals surface area (Å²) < 4.78 is 11.1. The van der Waals surface area contributed by atoms with Gasteiger partial charge in [0.05, 0.1) is 6.61 Å². The summed E-state index contributed by atoms with van der Waals surface area (Å²) in [5.41, 5.74) is 0. The van der Waals surface area contributed by atoms with Gasteiger partial charge in [-0.05, 0) is 30.9 Å². The van der Waals surface area contributed by atoms with Gasteiger partial charge in [0, 0.05) is 13.1 Å². The van der Waals surface area contributed by atoms with Gasteiger partial charge in [-0.1, -0.05) is 39.8 Å². The lowest BCUT2D eigenvalue weighted by molar-refractivity contribution is 0.170. The van der Waals surface area contributed by atoms with Crippen molar-refractivity contribution in [2.45, 2.75) is 34.6 Å². The molecular formula is C18H30N2O3. The molecule has 0 aromatic heterocycles. The molecule has 5 heteroatoms. The van der Waals surface area contributed by atoms with Crippen LogP contribution in [0.4, 0.5) is 4.79 Å². The predicted molar refractivity (Wildman–Crippen MR) is 92.9 cm³/mol. The molecular weight excluding hydrogens is 292 g/mol. The van der Waals surface area contributed by atoms with Crippen LogP contribution in [0.3, 0.4) is 0 Å². The van der Waals surface area contributed by atoms with Crippen molar-refractivity contribution >= 4 is 6.03 Å². The lowest BCUT2D eigenvalue weighted by Crippen LogP contribution is -2.44. The Bertz CT molecular complexity index is 465. The van der Waals surface area contributed by atoms with Crippen LogP contribution >= 0.6 is 0 Å². The molecule has 0 aliphatic carbocycles. The number of nitrogens with one attached hydrogen (secondary N) is 1. The van der Waals surface area contributed by atoms with Crippen molar-refractivity contribution in [2.24, 2.45) is 11.8 Å². The van der Waals surface area contributed by atoms with E-state index in [4.69, 9.17) is 9.47 Å². The Balaban J connectivity index is 2.54. The van der Waals surface area contributed by atoms with Gasteiger partial charge < -0.3 is 19.7 Å². The average Bonchev–Trinajstić information content (AvgIpc) is 2.47. The molecule has 0 unspecified atom stereocenters. The topological polar surface area (TPSA) is 50.8 Å². The first-order valence-electron chi connectivity index (χ1n) is 8.31. The zero-order chi connectivity index (χ0) is 17.2. The molecule has 1 aromatic carbocycles. The summed E-state index contributed by atoms with van der Waals surface area (Å²) in [5, 5.41) is 2.82. The first-order chi connectivity index (χ1) is 10.9. The Kier molecular flexibility index (Phi) is 8.30. The quantitative estimate of drug-likeness (QED) is 0.705. The van der Waals surface area contributed by atoms with E-state index < -0.39 is 0 Å². The van der Waals surface area contributed by atoms with E-state index in [1.54, 1.807) is 0 Å². The van der Waals surface area contributed by atoms with Crippen LogP contribution < -0.4 is 14.8 Å². The highest BCUT2D eigenvalue weighted by Crippen LogP contribution is 2.25. The molecule has 0 spiro atoms. The SMILES string of the molecule is CCOc1ccccc1OCNC(=O)N(CC(C)C)CC(C)C. The highest BCUT2D eigenvalue weighted by molar-refractivity contribution is 5.74. The number of urea groups is 1. The lowest BCUT2D eigenvalue weighted by Gasteiger charge is -2.26. The van der Waals surface area contributed by atoms with Crippen molar-refractivity contribution in [3.63, 3.8) is 0 Å². The number of hydrogen-bond donors (Lipinski definition) is 1. The second-order valence-corrected chi connectivity index (χ2v) is 6.34. The van der Waals surface area contributed by atoms with Crippen LogP contribution in [0.1, 0.15) is 34.6 Å². The number of benzene rings is 1. The van der Waals surface area contributed by atoms with Crippen molar-refractivity contribution in [3.05, 3.63) is 24.3 Å². The predicted octanol–water partition coefficient (Wildman–Crippen LogP) is 3.75. The molecule has 0 fully saturated rings. The van der Waals surface area contributed by atoms with Gasteiger partial charge >= 0.3 is 6.03 Å². The second kappa shape index (κ2) is 9.98. The summed E-state index contributed by atoms with van der Waals surface area (Å²) in [6.07, 6.45) is 0. The maximum Gasteiger partial charge on any atom is 0.320 e. The summed E-state index contributed by atoms with van der Waals surface area (Å²) in [4.78, 5) is 14.2. The van der Waals surface area contributed by atoms with E-state index in [9.17, 15) is 4.79 Å². The Hall–Kier alpha value is -1.91. The standard InChI is InChI=1S/C18H30N2O3/c1-6-22-16-9-7-8-10-17(16)23-13-19-18(21)20(11-14(2)3)12-15(4)5/h7-10,14-15H,6,11-13H2,1-5H3,(H,19,21). The minimum Gasteiger partial charge on any atom is -0.490 e. The maximum absolute atomic E-state index is 12.3. The van der Waals surface area contributed by atoms with Gasteiger partial charge in [0.1, 0.15) is 0 Å². The Labute approximate surface area is 140 Å². The van der Waals surface area contributed by atoms with Gasteiger partial charge in [-0.15, -0.1) is 0 Å². The van der Waals surface area contributed by atoms with Crippen molar-refractivity contribution in [2.75, 3.05) is 26.4 Å². The molecule has 0 aliphatic rings. The summed E-state index contributed by atoms with van der Waals surface area (Å²) in [5.74, 6) is 2.18. The second-order valence-electron chi connectivity index (χ2n) is 6.34. The molecule has 1 aromatic rings. The zero-order valence-corrected chi connectivity index (χ0v) is 15.0. The summed E-state index contributed by atoms with van der Waals surface area (Å²) in [6, 6.07) is 7.36. The maximum atomic E-state index is 12.3. The summed E-state index contributed by atoms with van der Waals surface area (Å²) in [7, 11) is 0. The normalized spacial score (nSPS) is 10.7. The lowest BCUT2D eigenvalue weighted by atomic mass is 10.1. The minimum atomic E-state index is -0.0960. The highest BCUT2D eigenvalue weighted by atomic mass is 16.5. The van der Waals surface area contributed by atoms with Gasteiger partial charge in [0.2, 0.25) is 0 Å². The Morgan fingerprint density at radius 3 is 2.04 bits per heavy atom. The first kappa shape index (κ1) is 19.1. The third kappa shape index (κ3) is 7.26. The van der Waals surface area contributed by atoms with Crippen molar-refractivity contribution in [1.82, 2.24) is 10.2 Å². The zero-order valence-electron chi connectivity index (χ0n) is 15.0. The molecule has 0 heterocycles. The summed E-state index contributed by atoms with van der Waals surface area (Å²) >= 11 is 0. The number of hydrogen-bond acceptors (Lipinski definition) is 3. The van der Waals surface area contributed by atoms with Gasteiger partial charge in [-0.2, -0.15) is 0 Å². The molecule has 23 heavy (non-hydrogen) atoms. The van der Waals surface area contributed by atoms with E-state index in [1.807, 2.05) is 36.1 Å². The van der Waals surface area contributed by atoms with Crippen LogP contribution in [0.2, 0.25) is 0 Å². The van der Waals surface area contributed by atoms with Gasteiger partial charge in [0.25, 0.3) is 0 Å². The summed E-state index contributed by atoms with van der Waals surface area (Å²) in [6.45, 7) is 12.5. The fraction of sp³-hybridized carbons (Fsp3) is 0.611. The number of nitrogens with zero attached hydrogens (tertiary/aromatic N) is 1. The fourth-order valence-electron chi connectivity index (χ4n) is 2.25. The first-order valence-corrected chi connectivity index (χ1v) is 8.31. The smallest absolute Gasteiger partial charge is 0.320 e. The number of para-hydroxylation sites is 2. The molecule has 5 nitrogen and oxygen atoms in total. The van der Waals surface area contributed by atoms with Gasteiger partial charge in [0.15, 0.2) is 18.2 Å². The number of amides is 2. The molecule has 0 bridgehead atoms. The van der Waals surface area contributed by atoms with E-state index in [2.05, 4.69) is 33.0 Å². The van der Waals surface area contributed by atoms with E-state index in [1.165, 1.54) is 0 Å². The number of carbonyl (C=O) groups excluding carboxylic acids is 1. The molecule has 0 aliphatic heterocycles. The third-order valence-electron chi connectivity index (χ3n) is 3.06. The number of carbonyl (C=O) groups is 1. The molecule has 130 valence electrons. The number of rotatable bonds is 9.